The topological polar surface area (TPSA) is 110 Å². The Kier molecular flexibility index (Phi) is 6.38. The number of amides is 3. The number of hydrogen-bond acceptors (Lipinski definition) is 5. The average molecular weight is 336 g/mol. The van der Waals surface area contributed by atoms with Gasteiger partial charge in [0.15, 0.2) is 6.17 Å². The van der Waals surface area contributed by atoms with Gasteiger partial charge in [-0.1, -0.05) is 23.2 Å². The molecule has 0 radical (unpaired) electrons. The van der Waals surface area contributed by atoms with Gasteiger partial charge in [-0.25, -0.2) is 10.1 Å². The monoisotopic (exact) mass is 335 g/mol. The van der Waals surface area contributed by atoms with Crippen LogP contribution in [0.1, 0.15) is 10.4 Å². The minimum Gasteiger partial charge on any atom is -0.328 e. The van der Waals surface area contributed by atoms with Gasteiger partial charge in [-0.15, -0.1) is 0 Å². The zero-order valence-corrected chi connectivity index (χ0v) is 12.0. The fourth-order valence-corrected chi connectivity index (χ4v) is 1.77. The summed E-state index contributed by atoms with van der Waals surface area (Å²) in [5.74, 6) is -0.757. The molecule has 1 unspecified atom stereocenters. The van der Waals surface area contributed by atoms with Crippen molar-refractivity contribution in [2.45, 2.75) is 6.17 Å². The van der Waals surface area contributed by atoms with Crippen molar-refractivity contribution in [2.24, 2.45) is 0 Å². The van der Waals surface area contributed by atoms with Crippen LogP contribution in [-0.2, 0) is 9.59 Å². The fourth-order valence-electron chi connectivity index (χ4n) is 1.39. The second-order valence-corrected chi connectivity index (χ2v) is 4.67. The lowest BCUT2D eigenvalue weighted by molar-refractivity contribution is -0.180. The average Bonchev–Trinajstić information content (AvgIpc) is 2.47. The number of halogens is 2. The molecule has 1 atom stereocenters. The molecule has 0 aliphatic heterocycles. The van der Waals surface area contributed by atoms with Crippen molar-refractivity contribution >= 4 is 41.9 Å². The summed E-state index contributed by atoms with van der Waals surface area (Å²) in [5, 5.41) is 21.2. The Morgan fingerprint density at radius 3 is 2.52 bits per heavy atom. The smallest absolute Gasteiger partial charge is 0.254 e. The van der Waals surface area contributed by atoms with Gasteiger partial charge in [-0.2, -0.15) is 0 Å². The number of nitrogens with one attached hydrogen (secondary N) is 1. The molecular formula is C11H11Cl2N3O5. The van der Waals surface area contributed by atoms with Crippen molar-refractivity contribution in [3.63, 3.8) is 0 Å². The summed E-state index contributed by atoms with van der Waals surface area (Å²) in [7, 11) is 0. The number of hydroxylamine groups is 4. The summed E-state index contributed by atoms with van der Waals surface area (Å²) in [5.41, 5.74) is 0.00376. The molecule has 1 aromatic carbocycles. The predicted molar refractivity (Wildman–Crippen MR) is 72.0 cm³/mol. The third kappa shape index (κ3) is 4.87. The standard InChI is InChI=1S/C11H11Cl2N3O5/c12-7-1-2-9(13)8(3-7)11(19)14-10(16(21)6-18)4-15(20)5-17/h1-3,5-6,10,20-21H,4H2,(H,14,19). The normalized spacial score (nSPS) is 11.4. The van der Waals surface area contributed by atoms with E-state index in [0.29, 0.717) is 0 Å². The first-order valence-corrected chi connectivity index (χ1v) is 6.24. The van der Waals surface area contributed by atoms with Gasteiger partial charge in [-0.3, -0.25) is 24.8 Å². The molecule has 3 N–H and O–H groups in total. The van der Waals surface area contributed by atoms with E-state index in [1.165, 1.54) is 18.2 Å². The van der Waals surface area contributed by atoms with Gasteiger partial charge in [0.2, 0.25) is 12.8 Å². The number of rotatable bonds is 7. The van der Waals surface area contributed by atoms with E-state index in [4.69, 9.17) is 28.4 Å². The van der Waals surface area contributed by atoms with Crippen LogP contribution in [0.5, 0.6) is 0 Å². The van der Waals surface area contributed by atoms with E-state index in [0.717, 1.165) is 0 Å². The number of hydrogen-bond donors (Lipinski definition) is 3. The van der Waals surface area contributed by atoms with Gasteiger partial charge >= 0.3 is 0 Å². The molecule has 1 rings (SSSR count). The summed E-state index contributed by atoms with van der Waals surface area (Å²) < 4.78 is 0. The highest BCUT2D eigenvalue weighted by atomic mass is 35.5. The maximum absolute atomic E-state index is 12.0. The molecule has 114 valence electrons. The Morgan fingerprint density at radius 2 is 1.95 bits per heavy atom. The molecule has 21 heavy (non-hydrogen) atoms. The third-order valence-corrected chi connectivity index (χ3v) is 2.94. The molecule has 0 aliphatic carbocycles. The van der Waals surface area contributed by atoms with Crippen molar-refractivity contribution < 1.29 is 24.8 Å². The Bertz CT molecular complexity index is 543. The lowest BCUT2D eigenvalue weighted by Crippen LogP contribution is -2.52. The molecule has 0 saturated heterocycles. The van der Waals surface area contributed by atoms with Gasteiger partial charge in [0.05, 0.1) is 17.1 Å². The largest absolute Gasteiger partial charge is 0.328 e. The minimum absolute atomic E-state index is 0.00314. The molecule has 8 nitrogen and oxygen atoms in total. The van der Waals surface area contributed by atoms with Gasteiger partial charge in [0.1, 0.15) is 0 Å². The number of nitrogens with zero attached hydrogens (tertiary/aromatic N) is 2. The first-order valence-electron chi connectivity index (χ1n) is 5.48. The minimum atomic E-state index is -1.37. The highest BCUT2D eigenvalue weighted by molar-refractivity contribution is 6.35. The van der Waals surface area contributed by atoms with Crippen LogP contribution in [0.2, 0.25) is 10.0 Å². The molecule has 0 aliphatic rings. The lowest BCUT2D eigenvalue weighted by atomic mass is 10.2. The van der Waals surface area contributed by atoms with Crippen LogP contribution in [0.25, 0.3) is 0 Å². The highest BCUT2D eigenvalue weighted by Gasteiger charge is 2.22. The first kappa shape index (κ1) is 17.2. The maximum atomic E-state index is 12.0. The second kappa shape index (κ2) is 7.79. The molecule has 0 bridgehead atoms. The van der Waals surface area contributed by atoms with E-state index in [2.05, 4.69) is 5.32 Å². The summed E-state index contributed by atoms with van der Waals surface area (Å²) in [4.78, 5) is 32.9. The Hall–Kier alpha value is -1.87. The maximum Gasteiger partial charge on any atom is 0.254 e. The lowest BCUT2D eigenvalue weighted by Gasteiger charge is -2.25. The van der Waals surface area contributed by atoms with E-state index < -0.39 is 18.6 Å². The molecule has 0 spiro atoms. The van der Waals surface area contributed by atoms with Crippen LogP contribution < -0.4 is 5.32 Å². The predicted octanol–water partition coefficient (Wildman–Crippen LogP) is 0.745. The van der Waals surface area contributed by atoms with Crippen molar-refractivity contribution in [1.82, 2.24) is 15.4 Å². The van der Waals surface area contributed by atoms with Gasteiger partial charge < -0.3 is 5.32 Å². The summed E-state index contributed by atoms with van der Waals surface area (Å²) in [6, 6.07) is 4.16. The van der Waals surface area contributed by atoms with Gasteiger partial charge in [0, 0.05) is 5.02 Å². The van der Waals surface area contributed by atoms with Gasteiger partial charge in [-0.05, 0) is 18.2 Å². The zero-order valence-electron chi connectivity index (χ0n) is 10.4. The van der Waals surface area contributed by atoms with E-state index in [9.17, 15) is 19.6 Å². The summed E-state index contributed by atoms with van der Waals surface area (Å²) >= 11 is 11.6. The summed E-state index contributed by atoms with van der Waals surface area (Å²) in [6.07, 6.45) is -1.33. The van der Waals surface area contributed by atoms with Gasteiger partial charge in [0.25, 0.3) is 5.91 Å². The molecule has 1 aromatic rings. The van der Waals surface area contributed by atoms with Crippen molar-refractivity contribution in [1.29, 1.82) is 0 Å². The van der Waals surface area contributed by atoms with Crippen LogP contribution >= 0.6 is 23.2 Å². The highest BCUT2D eigenvalue weighted by Crippen LogP contribution is 2.20. The number of carbonyl (C=O) groups excluding carboxylic acids is 3. The van der Waals surface area contributed by atoms with E-state index in [1.54, 1.807) is 0 Å². The third-order valence-electron chi connectivity index (χ3n) is 2.38. The molecule has 0 fully saturated rings. The van der Waals surface area contributed by atoms with Crippen LogP contribution in [0.4, 0.5) is 0 Å². The molecular weight excluding hydrogens is 325 g/mol. The van der Waals surface area contributed by atoms with E-state index in [-0.39, 0.29) is 38.6 Å². The second-order valence-electron chi connectivity index (χ2n) is 3.83. The SMILES string of the molecule is O=CN(O)CC(NC(=O)c1cc(Cl)ccc1Cl)N(O)C=O. The molecule has 3 amide bonds. The van der Waals surface area contributed by atoms with E-state index >= 15 is 0 Å². The molecule has 0 saturated carbocycles. The van der Waals surface area contributed by atoms with E-state index in [1.807, 2.05) is 0 Å². The van der Waals surface area contributed by atoms with Crippen molar-refractivity contribution in [3.05, 3.63) is 33.8 Å². The summed E-state index contributed by atoms with van der Waals surface area (Å²) in [6.45, 7) is -0.553. The number of benzene rings is 1. The van der Waals surface area contributed by atoms with Crippen LogP contribution in [0.3, 0.4) is 0 Å². The fraction of sp³-hybridized carbons (Fsp3) is 0.182. The molecule has 0 aromatic heterocycles. The van der Waals surface area contributed by atoms with Crippen LogP contribution in [0.15, 0.2) is 18.2 Å². The number of carbonyl (C=O) groups is 3. The quantitative estimate of drug-likeness (QED) is 0.294. The van der Waals surface area contributed by atoms with Crippen molar-refractivity contribution in [3.8, 4) is 0 Å². The van der Waals surface area contributed by atoms with Crippen molar-refractivity contribution in [2.75, 3.05) is 6.54 Å². The molecule has 10 heteroatoms. The molecule has 0 heterocycles. The zero-order chi connectivity index (χ0) is 16.0. The van der Waals surface area contributed by atoms with Crippen LogP contribution in [0, 0.1) is 0 Å². The van der Waals surface area contributed by atoms with Crippen LogP contribution in [-0.4, -0.2) is 52.0 Å². The Morgan fingerprint density at radius 1 is 1.29 bits per heavy atom. The Balaban J connectivity index is 2.91. The Labute approximate surface area is 129 Å². The first-order chi connectivity index (χ1) is 9.88.